The molecule has 0 unspecified atom stereocenters. The Hall–Kier alpha value is -1.90. The summed E-state index contributed by atoms with van der Waals surface area (Å²) in [5.41, 5.74) is 6.46. The highest BCUT2D eigenvalue weighted by molar-refractivity contribution is 5.75. The van der Waals surface area contributed by atoms with Crippen LogP contribution >= 0.6 is 0 Å². The number of amides is 1. The molecule has 4 nitrogen and oxygen atoms in total. The minimum atomic E-state index is -0.411. The van der Waals surface area contributed by atoms with E-state index in [1.54, 1.807) is 6.07 Å². The minimum Gasteiger partial charge on any atom is -0.395 e. The minimum absolute atomic E-state index is 0.0165. The molecule has 3 N–H and O–H groups in total. The van der Waals surface area contributed by atoms with Crippen LogP contribution in [0.1, 0.15) is 24.5 Å². The molecule has 0 saturated heterocycles. The second-order valence-corrected chi connectivity index (χ2v) is 4.39. The summed E-state index contributed by atoms with van der Waals surface area (Å²) in [6.07, 6.45) is 0.356. The largest absolute Gasteiger partial charge is 0.395 e. The molecule has 0 spiro atoms. The number of carbonyl (C=O) groups excluding carboxylic acids is 1. The van der Waals surface area contributed by atoms with Crippen LogP contribution in [-0.2, 0) is 11.3 Å². The lowest BCUT2D eigenvalue weighted by molar-refractivity contribution is -0.119. The van der Waals surface area contributed by atoms with Crippen molar-refractivity contribution in [1.29, 1.82) is 0 Å². The monoisotopic (exact) mass is 278 g/mol. The van der Waals surface area contributed by atoms with Gasteiger partial charge in [-0.15, -0.1) is 0 Å². The predicted octanol–water partition coefficient (Wildman–Crippen LogP) is 0.867. The van der Waals surface area contributed by atoms with Crippen molar-refractivity contribution in [1.82, 2.24) is 4.90 Å². The lowest BCUT2D eigenvalue weighted by atomic mass is 10.1. The first-order valence-corrected chi connectivity index (χ1v) is 6.45. The van der Waals surface area contributed by atoms with Gasteiger partial charge in [-0.05, 0) is 30.3 Å². The van der Waals surface area contributed by atoms with E-state index in [4.69, 9.17) is 10.8 Å². The fraction of sp³-hybridized carbons (Fsp3) is 0.400. The topological polar surface area (TPSA) is 66.6 Å². The molecular weight excluding hydrogens is 259 g/mol. The third kappa shape index (κ3) is 5.83. The molecule has 1 rings (SSSR count). The van der Waals surface area contributed by atoms with Crippen molar-refractivity contribution in [2.75, 3.05) is 19.7 Å². The molecular formula is C15H19FN2O2. The lowest BCUT2D eigenvalue weighted by Gasteiger charge is -2.18. The van der Waals surface area contributed by atoms with E-state index in [-0.39, 0.29) is 19.0 Å². The SMILES string of the molecule is CCN(CC(N)=O)Cc1cc(F)cc(C#CCCO)c1. The van der Waals surface area contributed by atoms with Crippen molar-refractivity contribution < 1.29 is 14.3 Å². The Labute approximate surface area is 118 Å². The highest BCUT2D eigenvalue weighted by Crippen LogP contribution is 2.11. The number of nitrogens with zero attached hydrogens (tertiary/aromatic N) is 1. The van der Waals surface area contributed by atoms with Gasteiger partial charge < -0.3 is 10.8 Å². The number of aliphatic hydroxyl groups is 1. The number of benzene rings is 1. The van der Waals surface area contributed by atoms with E-state index in [1.165, 1.54) is 12.1 Å². The number of likely N-dealkylation sites (N-methyl/N-ethyl adjacent to an activating group) is 1. The average Bonchev–Trinajstić information content (AvgIpc) is 2.37. The maximum Gasteiger partial charge on any atom is 0.231 e. The molecule has 1 aromatic rings. The van der Waals surface area contributed by atoms with Crippen LogP contribution < -0.4 is 5.73 Å². The molecule has 0 aromatic heterocycles. The standard InChI is InChI=1S/C15H19FN2O2/c1-2-18(11-15(17)20)10-13-7-12(5-3-4-6-19)8-14(16)9-13/h7-9,19H,2,4,6,10-11H2,1H3,(H2,17,20). The zero-order valence-corrected chi connectivity index (χ0v) is 11.5. The quantitative estimate of drug-likeness (QED) is 0.759. The van der Waals surface area contributed by atoms with E-state index >= 15 is 0 Å². The van der Waals surface area contributed by atoms with Crippen LogP contribution in [0.25, 0.3) is 0 Å². The molecule has 1 amide bonds. The maximum atomic E-state index is 13.5. The first-order chi connectivity index (χ1) is 9.55. The van der Waals surface area contributed by atoms with Gasteiger partial charge in [-0.3, -0.25) is 9.69 Å². The fourth-order valence-electron chi connectivity index (χ4n) is 1.79. The van der Waals surface area contributed by atoms with E-state index in [1.807, 2.05) is 11.8 Å². The first kappa shape index (κ1) is 16.2. The third-order valence-electron chi connectivity index (χ3n) is 2.66. The van der Waals surface area contributed by atoms with Crippen LogP contribution in [0.4, 0.5) is 4.39 Å². The zero-order valence-electron chi connectivity index (χ0n) is 11.5. The first-order valence-electron chi connectivity index (χ1n) is 6.45. The molecule has 0 saturated carbocycles. The van der Waals surface area contributed by atoms with Crippen molar-refractivity contribution in [2.24, 2.45) is 5.73 Å². The number of nitrogens with two attached hydrogens (primary N) is 1. The molecule has 5 heteroatoms. The summed E-state index contributed by atoms with van der Waals surface area (Å²) >= 11 is 0. The smallest absolute Gasteiger partial charge is 0.231 e. The van der Waals surface area contributed by atoms with Crippen molar-refractivity contribution in [2.45, 2.75) is 19.9 Å². The number of primary amides is 1. The van der Waals surface area contributed by atoms with E-state index in [9.17, 15) is 9.18 Å². The Morgan fingerprint density at radius 2 is 2.20 bits per heavy atom. The Morgan fingerprint density at radius 3 is 2.80 bits per heavy atom. The second kappa shape index (κ2) is 8.31. The van der Waals surface area contributed by atoms with Gasteiger partial charge >= 0.3 is 0 Å². The summed E-state index contributed by atoms with van der Waals surface area (Å²) in [7, 11) is 0. The van der Waals surface area contributed by atoms with Crippen LogP contribution in [0.3, 0.4) is 0 Å². The Balaban J connectivity index is 2.84. The predicted molar refractivity (Wildman–Crippen MR) is 75.1 cm³/mol. The highest BCUT2D eigenvalue weighted by Gasteiger charge is 2.08. The van der Waals surface area contributed by atoms with Crippen LogP contribution in [0.15, 0.2) is 18.2 Å². The molecule has 0 aliphatic rings. The normalized spacial score (nSPS) is 10.2. The van der Waals surface area contributed by atoms with Crippen molar-refractivity contribution >= 4 is 5.91 Å². The summed E-state index contributed by atoms with van der Waals surface area (Å²) in [5, 5.41) is 8.66. The highest BCUT2D eigenvalue weighted by atomic mass is 19.1. The Bertz CT molecular complexity index is 520. The molecule has 0 heterocycles. The molecule has 0 atom stereocenters. The van der Waals surface area contributed by atoms with Gasteiger partial charge in [0.05, 0.1) is 13.2 Å². The number of carbonyl (C=O) groups is 1. The third-order valence-corrected chi connectivity index (χ3v) is 2.66. The number of rotatable bonds is 6. The number of aliphatic hydroxyl groups excluding tert-OH is 1. The number of hydrogen-bond acceptors (Lipinski definition) is 3. The molecule has 0 aliphatic heterocycles. The summed E-state index contributed by atoms with van der Waals surface area (Å²) < 4.78 is 13.5. The fourth-order valence-corrected chi connectivity index (χ4v) is 1.79. The Morgan fingerprint density at radius 1 is 1.45 bits per heavy atom. The molecule has 0 fully saturated rings. The van der Waals surface area contributed by atoms with E-state index in [2.05, 4.69) is 11.8 Å². The van der Waals surface area contributed by atoms with Gasteiger partial charge in [-0.1, -0.05) is 18.8 Å². The van der Waals surface area contributed by atoms with Crippen LogP contribution in [0, 0.1) is 17.7 Å². The van der Waals surface area contributed by atoms with E-state index < -0.39 is 5.91 Å². The number of halogens is 1. The molecule has 20 heavy (non-hydrogen) atoms. The van der Waals surface area contributed by atoms with E-state index in [0.717, 1.165) is 5.56 Å². The van der Waals surface area contributed by atoms with Crippen molar-refractivity contribution in [3.63, 3.8) is 0 Å². The van der Waals surface area contributed by atoms with Crippen molar-refractivity contribution in [3.05, 3.63) is 35.1 Å². The van der Waals surface area contributed by atoms with Gasteiger partial charge in [-0.25, -0.2) is 4.39 Å². The van der Waals surface area contributed by atoms with Gasteiger partial charge in [-0.2, -0.15) is 0 Å². The van der Waals surface area contributed by atoms with E-state index in [0.29, 0.717) is 25.1 Å². The molecule has 0 aliphatic carbocycles. The van der Waals surface area contributed by atoms with Gasteiger partial charge in [0, 0.05) is 18.5 Å². The number of hydrogen-bond donors (Lipinski definition) is 2. The maximum absolute atomic E-state index is 13.5. The lowest BCUT2D eigenvalue weighted by Crippen LogP contribution is -2.33. The van der Waals surface area contributed by atoms with Gasteiger partial charge in [0.25, 0.3) is 0 Å². The van der Waals surface area contributed by atoms with Crippen molar-refractivity contribution in [3.8, 4) is 11.8 Å². The van der Waals surface area contributed by atoms with Gasteiger partial charge in [0.2, 0.25) is 5.91 Å². The molecule has 0 radical (unpaired) electrons. The average molecular weight is 278 g/mol. The second-order valence-electron chi connectivity index (χ2n) is 4.39. The Kier molecular flexibility index (Phi) is 6.71. The van der Waals surface area contributed by atoms with Crippen LogP contribution in [0.5, 0.6) is 0 Å². The van der Waals surface area contributed by atoms with Gasteiger partial charge in [0.1, 0.15) is 5.82 Å². The molecule has 0 bridgehead atoms. The molecule has 1 aromatic carbocycles. The van der Waals surface area contributed by atoms with Crippen LogP contribution in [0.2, 0.25) is 0 Å². The summed E-state index contributed by atoms with van der Waals surface area (Å²) in [6, 6.07) is 4.54. The molecule has 108 valence electrons. The zero-order chi connectivity index (χ0) is 15.0. The summed E-state index contributed by atoms with van der Waals surface area (Å²) in [4.78, 5) is 12.7. The van der Waals surface area contributed by atoms with Crippen LogP contribution in [-0.4, -0.2) is 35.6 Å². The summed E-state index contributed by atoms with van der Waals surface area (Å²) in [5.74, 6) is 4.77. The summed E-state index contributed by atoms with van der Waals surface area (Å²) in [6.45, 7) is 3.11. The van der Waals surface area contributed by atoms with Gasteiger partial charge in [0.15, 0.2) is 0 Å².